The Morgan fingerprint density at radius 2 is 2.00 bits per heavy atom. The number of nitrogens with one attached hydrogen (secondary N) is 1. The van der Waals surface area contributed by atoms with E-state index in [0.717, 1.165) is 12.8 Å². The van der Waals surface area contributed by atoms with E-state index in [1.54, 1.807) is 6.07 Å². The lowest BCUT2D eigenvalue weighted by atomic mass is 10.1. The molecule has 128 valence electrons. The molecule has 2 N–H and O–H groups in total. The lowest BCUT2D eigenvalue weighted by Crippen LogP contribution is -2.40. The summed E-state index contributed by atoms with van der Waals surface area (Å²) in [5.74, 6) is -0.842. The fourth-order valence-electron chi connectivity index (χ4n) is 2.22. The lowest BCUT2D eigenvalue weighted by molar-refractivity contribution is -0.139. The SMILES string of the molecule is CCCCC(NC(=O)c1occc1COc1ccccc1)C(=O)O. The van der Waals surface area contributed by atoms with Gasteiger partial charge in [-0.1, -0.05) is 38.0 Å². The number of hydrogen-bond donors (Lipinski definition) is 2. The van der Waals surface area contributed by atoms with E-state index in [2.05, 4.69) is 5.32 Å². The Kier molecular flexibility index (Phi) is 6.42. The third kappa shape index (κ3) is 4.87. The number of carboxylic acid groups (broad SMARTS) is 1. The molecule has 0 fully saturated rings. The van der Waals surface area contributed by atoms with Crippen LogP contribution in [-0.2, 0) is 11.4 Å². The lowest BCUT2D eigenvalue weighted by Gasteiger charge is -2.13. The number of para-hydroxylation sites is 1. The molecule has 24 heavy (non-hydrogen) atoms. The molecule has 1 amide bonds. The minimum atomic E-state index is -1.05. The molecular formula is C18H21NO5. The number of hydrogen-bond acceptors (Lipinski definition) is 4. The van der Waals surface area contributed by atoms with Crippen LogP contribution in [0.2, 0.25) is 0 Å². The second-order valence-corrected chi connectivity index (χ2v) is 5.38. The van der Waals surface area contributed by atoms with Crippen molar-refractivity contribution >= 4 is 11.9 Å². The molecule has 1 heterocycles. The van der Waals surface area contributed by atoms with E-state index < -0.39 is 17.9 Å². The summed E-state index contributed by atoms with van der Waals surface area (Å²) in [6, 6.07) is 9.92. The van der Waals surface area contributed by atoms with E-state index in [9.17, 15) is 14.7 Å². The maximum absolute atomic E-state index is 12.3. The van der Waals surface area contributed by atoms with Gasteiger partial charge in [0.15, 0.2) is 5.76 Å². The number of carbonyl (C=O) groups is 2. The Bertz CT molecular complexity index is 665. The molecule has 2 aromatic rings. The van der Waals surface area contributed by atoms with Gasteiger partial charge in [-0.15, -0.1) is 0 Å². The Morgan fingerprint density at radius 1 is 1.25 bits per heavy atom. The highest BCUT2D eigenvalue weighted by atomic mass is 16.5. The predicted octanol–water partition coefficient (Wildman–Crippen LogP) is 3.23. The highest BCUT2D eigenvalue weighted by Gasteiger charge is 2.23. The van der Waals surface area contributed by atoms with Crippen LogP contribution >= 0.6 is 0 Å². The van der Waals surface area contributed by atoms with E-state index in [1.165, 1.54) is 6.26 Å². The summed E-state index contributed by atoms with van der Waals surface area (Å²) in [5, 5.41) is 11.7. The quantitative estimate of drug-likeness (QED) is 0.736. The largest absolute Gasteiger partial charge is 0.489 e. The topological polar surface area (TPSA) is 88.8 Å². The summed E-state index contributed by atoms with van der Waals surface area (Å²) in [5.41, 5.74) is 0.566. The monoisotopic (exact) mass is 331 g/mol. The zero-order valence-electron chi connectivity index (χ0n) is 13.5. The van der Waals surface area contributed by atoms with Crippen molar-refractivity contribution in [1.82, 2.24) is 5.32 Å². The normalized spacial score (nSPS) is 11.7. The first-order valence-electron chi connectivity index (χ1n) is 7.89. The Balaban J connectivity index is 1.99. The number of unbranched alkanes of at least 4 members (excludes halogenated alkanes) is 1. The number of furan rings is 1. The van der Waals surface area contributed by atoms with Crippen LogP contribution in [0.3, 0.4) is 0 Å². The van der Waals surface area contributed by atoms with Crippen LogP contribution in [0.15, 0.2) is 47.1 Å². The van der Waals surface area contributed by atoms with Crippen molar-refractivity contribution in [3.63, 3.8) is 0 Å². The molecule has 0 aliphatic heterocycles. The van der Waals surface area contributed by atoms with Gasteiger partial charge in [0.25, 0.3) is 5.91 Å². The van der Waals surface area contributed by atoms with E-state index in [0.29, 0.717) is 17.7 Å². The van der Waals surface area contributed by atoms with Crippen LogP contribution in [0.25, 0.3) is 0 Å². The number of benzene rings is 1. The molecule has 1 atom stereocenters. The van der Waals surface area contributed by atoms with Crippen molar-refractivity contribution in [2.75, 3.05) is 0 Å². The van der Waals surface area contributed by atoms with Gasteiger partial charge in [0.05, 0.1) is 6.26 Å². The zero-order chi connectivity index (χ0) is 17.4. The van der Waals surface area contributed by atoms with Gasteiger partial charge in [-0.3, -0.25) is 4.79 Å². The number of carbonyl (C=O) groups excluding carboxylic acids is 1. The second-order valence-electron chi connectivity index (χ2n) is 5.38. The predicted molar refractivity (Wildman–Crippen MR) is 87.9 cm³/mol. The smallest absolute Gasteiger partial charge is 0.326 e. The van der Waals surface area contributed by atoms with E-state index >= 15 is 0 Å². The van der Waals surface area contributed by atoms with E-state index in [1.807, 2.05) is 37.3 Å². The highest BCUT2D eigenvalue weighted by Crippen LogP contribution is 2.16. The third-order valence-corrected chi connectivity index (χ3v) is 3.54. The standard InChI is InChI=1S/C18H21NO5/c1-2-3-9-15(18(21)22)19-17(20)16-13(10-11-23-16)12-24-14-7-5-4-6-8-14/h4-8,10-11,15H,2-3,9,12H2,1H3,(H,19,20)(H,21,22). The fraction of sp³-hybridized carbons (Fsp3) is 0.333. The molecule has 0 spiro atoms. The first-order chi connectivity index (χ1) is 11.6. The molecule has 0 aliphatic rings. The number of carboxylic acids is 1. The van der Waals surface area contributed by atoms with Gasteiger partial charge >= 0.3 is 5.97 Å². The molecule has 0 radical (unpaired) electrons. The van der Waals surface area contributed by atoms with Crippen molar-refractivity contribution in [2.24, 2.45) is 0 Å². The first-order valence-corrected chi connectivity index (χ1v) is 7.89. The molecule has 2 rings (SSSR count). The maximum atomic E-state index is 12.3. The van der Waals surface area contributed by atoms with Crippen molar-refractivity contribution in [1.29, 1.82) is 0 Å². The van der Waals surface area contributed by atoms with Crippen LogP contribution in [-0.4, -0.2) is 23.0 Å². The molecule has 0 bridgehead atoms. The van der Waals surface area contributed by atoms with E-state index in [4.69, 9.17) is 9.15 Å². The van der Waals surface area contributed by atoms with Gasteiger partial charge in [0.2, 0.25) is 0 Å². The molecule has 0 aliphatic carbocycles. The minimum Gasteiger partial charge on any atom is -0.489 e. The average Bonchev–Trinajstić information content (AvgIpc) is 3.06. The maximum Gasteiger partial charge on any atom is 0.326 e. The van der Waals surface area contributed by atoms with Gasteiger partial charge in [-0.25, -0.2) is 4.79 Å². The van der Waals surface area contributed by atoms with Gasteiger partial charge in [-0.2, -0.15) is 0 Å². The summed E-state index contributed by atoms with van der Waals surface area (Å²) in [4.78, 5) is 23.5. The third-order valence-electron chi connectivity index (χ3n) is 3.54. The molecule has 1 aromatic heterocycles. The van der Waals surface area contributed by atoms with Gasteiger partial charge in [0.1, 0.15) is 18.4 Å². The summed E-state index contributed by atoms with van der Waals surface area (Å²) in [7, 11) is 0. The molecule has 0 saturated heterocycles. The van der Waals surface area contributed by atoms with Gasteiger partial charge in [0, 0.05) is 5.56 Å². The fourth-order valence-corrected chi connectivity index (χ4v) is 2.22. The second kappa shape index (κ2) is 8.76. The number of rotatable bonds is 9. The average molecular weight is 331 g/mol. The van der Waals surface area contributed by atoms with Crippen LogP contribution in [0, 0.1) is 0 Å². The van der Waals surface area contributed by atoms with Crippen LogP contribution in [0.4, 0.5) is 0 Å². The number of amides is 1. The van der Waals surface area contributed by atoms with Crippen LogP contribution < -0.4 is 10.1 Å². The molecular weight excluding hydrogens is 310 g/mol. The molecule has 0 saturated carbocycles. The number of ether oxygens (including phenoxy) is 1. The Morgan fingerprint density at radius 3 is 2.67 bits per heavy atom. The summed E-state index contributed by atoms with van der Waals surface area (Å²) < 4.78 is 10.8. The molecule has 6 heteroatoms. The van der Waals surface area contributed by atoms with Crippen LogP contribution in [0.5, 0.6) is 5.75 Å². The number of aliphatic carboxylic acids is 1. The Labute approximate surface area is 140 Å². The van der Waals surface area contributed by atoms with Crippen molar-refractivity contribution in [3.8, 4) is 5.75 Å². The Hall–Kier alpha value is -2.76. The van der Waals surface area contributed by atoms with Crippen molar-refractivity contribution < 1.29 is 23.8 Å². The molecule has 1 unspecified atom stereocenters. The van der Waals surface area contributed by atoms with E-state index in [-0.39, 0.29) is 12.4 Å². The minimum absolute atomic E-state index is 0.0775. The van der Waals surface area contributed by atoms with Crippen LogP contribution in [0.1, 0.15) is 42.3 Å². The highest BCUT2D eigenvalue weighted by molar-refractivity contribution is 5.95. The molecule has 1 aromatic carbocycles. The summed E-state index contributed by atoms with van der Waals surface area (Å²) in [6.45, 7) is 2.13. The first kappa shape index (κ1) is 17.6. The zero-order valence-corrected chi connectivity index (χ0v) is 13.5. The molecule has 6 nitrogen and oxygen atoms in total. The summed E-state index contributed by atoms with van der Waals surface area (Å²) in [6.07, 6.45) is 3.35. The van der Waals surface area contributed by atoms with Crippen molar-refractivity contribution in [3.05, 3.63) is 54.0 Å². The van der Waals surface area contributed by atoms with Crippen molar-refractivity contribution in [2.45, 2.75) is 38.8 Å². The van der Waals surface area contributed by atoms with Gasteiger partial charge < -0.3 is 19.6 Å². The van der Waals surface area contributed by atoms with Gasteiger partial charge in [-0.05, 0) is 24.6 Å². The summed E-state index contributed by atoms with van der Waals surface area (Å²) >= 11 is 0.